The van der Waals surface area contributed by atoms with Crippen LogP contribution in [0.1, 0.15) is 5.56 Å². The van der Waals surface area contributed by atoms with Crippen LogP contribution in [0.15, 0.2) is 30.5 Å². The fourth-order valence-corrected chi connectivity index (χ4v) is 1.65. The number of hydrogen-bond donors (Lipinski definition) is 0. The second-order valence-corrected chi connectivity index (χ2v) is 3.47. The highest BCUT2D eigenvalue weighted by Crippen LogP contribution is 2.20. The minimum atomic E-state index is -0.400. The lowest BCUT2D eigenvalue weighted by Gasteiger charge is -2.00. The summed E-state index contributed by atoms with van der Waals surface area (Å²) in [6.07, 6.45) is 1.78. The molecule has 0 amide bonds. The van der Waals surface area contributed by atoms with Gasteiger partial charge >= 0.3 is 0 Å². The molecule has 0 fully saturated rings. The number of benzene rings is 1. The van der Waals surface area contributed by atoms with Gasteiger partial charge in [-0.05, 0) is 12.5 Å². The van der Waals surface area contributed by atoms with E-state index in [0.717, 1.165) is 16.5 Å². The van der Waals surface area contributed by atoms with E-state index in [1.54, 1.807) is 30.2 Å². The molecule has 0 unspecified atom stereocenters. The summed E-state index contributed by atoms with van der Waals surface area (Å²) in [6, 6.07) is 6.57. The second kappa shape index (κ2) is 3.77. The number of non-ortho nitro benzene ring substituents is 1. The molecule has 0 radical (unpaired) electrons. The zero-order chi connectivity index (χ0) is 11.7. The Morgan fingerprint density at radius 3 is 2.75 bits per heavy atom. The molecule has 16 heavy (non-hydrogen) atoms. The lowest BCUT2D eigenvalue weighted by atomic mass is 10.1. The summed E-state index contributed by atoms with van der Waals surface area (Å²) in [5.41, 5.74) is 1.88. The van der Waals surface area contributed by atoms with Gasteiger partial charge in [0.1, 0.15) is 7.11 Å². The summed E-state index contributed by atoms with van der Waals surface area (Å²) in [4.78, 5) is 15.4. The molecule has 2 aromatic rings. The van der Waals surface area contributed by atoms with E-state index < -0.39 is 4.92 Å². The molecule has 0 bridgehead atoms. The predicted molar refractivity (Wildman–Crippen MR) is 58.0 cm³/mol. The first-order valence-electron chi connectivity index (χ1n) is 4.77. The van der Waals surface area contributed by atoms with Crippen LogP contribution >= 0.6 is 0 Å². The average molecular weight is 219 g/mol. The maximum atomic E-state index is 10.7. The Balaban J connectivity index is 2.77. The minimum absolute atomic E-state index is 0.0875. The number of fused-ring (bicyclic) bond motifs is 1. The van der Waals surface area contributed by atoms with E-state index in [-0.39, 0.29) is 5.69 Å². The van der Waals surface area contributed by atoms with E-state index >= 15 is 0 Å². The zero-order valence-corrected chi connectivity index (χ0v) is 9.01. The Labute approximate surface area is 92.0 Å². The molecule has 5 nitrogen and oxygen atoms in total. The van der Waals surface area contributed by atoms with Crippen molar-refractivity contribution >= 4 is 16.6 Å². The van der Waals surface area contributed by atoms with Gasteiger partial charge in [-0.1, -0.05) is 0 Å². The van der Waals surface area contributed by atoms with Crippen LogP contribution in [0.2, 0.25) is 0 Å². The molecule has 0 spiro atoms. The maximum absolute atomic E-state index is 10.7. The molecular formula is C11H11N2O3+. The molecule has 0 saturated carbocycles. The minimum Gasteiger partial charge on any atom is -0.274 e. The second-order valence-electron chi connectivity index (χ2n) is 3.47. The van der Waals surface area contributed by atoms with E-state index in [0.29, 0.717) is 0 Å². The first-order valence-corrected chi connectivity index (χ1v) is 4.77. The number of nitrogens with zero attached hydrogens (tertiary/aromatic N) is 2. The van der Waals surface area contributed by atoms with Gasteiger partial charge in [-0.2, -0.15) is 0 Å². The number of rotatable bonds is 2. The zero-order valence-electron chi connectivity index (χ0n) is 9.01. The van der Waals surface area contributed by atoms with Gasteiger partial charge in [0, 0.05) is 29.0 Å². The number of nitro groups is 1. The Bertz CT molecular complexity index is 566. The van der Waals surface area contributed by atoms with Crippen LogP contribution in [0, 0.1) is 17.0 Å². The van der Waals surface area contributed by atoms with E-state index in [1.807, 2.05) is 13.0 Å². The van der Waals surface area contributed by atoms with Crippen LogP contribution in [0.25, 0.3) is 10.9 Å². The van der Waals surface area contributed by atoms with Gasteiger partial charge in [0.15, 0.2) is 0 Å². The van der Waals surface area contributed by atoms with E-state index in [4.69, 9.17) is 4.84 Å². The molecule has 1 aromatic carbocycles. The van der Waals surface area contributed by atoms with Gasteiger partial charge in [-0.3, -0.25) is 15.0 Å². The van der Waals surface area contributed by atoms with E-state index in [1.165, 1.54) is 6.07 Å². The molecule has 1 heterocycles. The highest BCUT2D eigenvalue weighted by molar-refractivity contribution is 5.81. The van der Waals surface area contributed by atoms with Crippen molar-refractivity contribution in [2.75, 3.05) is 7.11 Å². The Morgan fingerprint density at radius 1 is 1.38 bits per heavy atom. The summed E-state index contributed by atoms with van der Waals surface area (Å²) in [5, 5.41) is 11.5. The van der Waals surface area contributed by atoms with E-state index in [9.17, 15) is 10.1 Å². The van der Waals surface area contributed by atoms with Gasteiger partial charge in [-0.15, -0.1) is 0 Å². The van der Waals surface area contributed by atoms with Crippen molar-refractivity contribution in [3.05, 3.63) is 46.1 Å². The molecule has 0 N–H and O–H groups in total. The molecule has 0 atom stereocenters. The van der Waals surface area contributed by atoms with Gasteiger partial charge < -0.3 is 0 Å². The normalized spacial score (nSPS) is 10.4. The van der Waals surface area contributed by atoms with Crippen molar-refractivity contribution in [1.82, 2.24) is 0 Å². The molecule has 82 valence electrons. The SMILES string of the molecule is CO[n+]1ccc(C)c2cc([N+](=O)[O-])ccc21. The monoisotopic (exact) mass is 219 g/mol. The maximum Gasteiger partial charge on any atom is 0.270 e. The Kier molecular flexibility index (Phi) is 2.44. The van der Waals surface area contributed by atoms with Gasteiger partial charge in [0.2, 0.25) is 6.20 Å². The smallest absolute Gasteiger partial charge is 0.270 e. The topological polar surface area (TPSA) is 56.2 Å². The first-order chi connectivity index (χ1) is 7.63. The standard InChI is InChI=1S/C11H11N2O3/c1-8-5-6-12(16-2)11-4-3-9(13(14)15)7-10(8)11/h3-7H,1-2H3/q+1. The van der Waals surface area contributed by atoms with Crippen LogP contribution in [-0.2, 0) is 0 Å². The number of hydrogen-bond acceptors (Lipinski definition) is 3. The van der Waals surface area contributed by atoms with Crippen molar-refractivity contribution in [3.63, 3.8) is 0 Å². The van der Waals surface area contributed by atoms with Crippen molar-refractivity contribution < 1.29 is 14.5 Å². The number of aryl methyl sites for hydroxylation is 1. The average Bonchev–Trinajstić information content (AvgIpc) is 2.29. The molecule has 0 aliphatic carbocycles. The van der Waals surface area contributed by atoms with Crippen LogP contribution in [0.5, 0.6) is 0 Å². The third-order valence-electron chi connectivity index (χ3n) is 2.51. The van der Waals surface area contributed by atoms with Gasteiger partial charge in [0.05, 0.1) is 10.3 Å². The molecule has 0 saturated heterocycles. The van der Waals surface area contributed by atoms with Crippen LogP contribution < -0.4 is 9.57 Å². The fourth-order valence-electron chi connectivity index (χ4n) is 1.65. The van der Waals surface area contributed by atoms with Crippen LogP contribution in [0.4, 0.5) is 5.69 Å². The van der Waals surface area contributed by atoms with Crippen molar-refractivity contribution in [2.45, 2.75) is 6.92 Å². The van der Waals surface area contributed by atoms with Crippen molar-refractivity contribution in [1.29, 1.82) is 0 Å². The van der Waals surface area contributed by atoms with Crippen LogP contribution in [-0.4, -0.2) is 12.0 Å². The predicted octanol–water partition coefficient (Wildman–Crippen LogP) is 1.40. The third-order valence-corrected chi connectivity index (χ3v) is 2.51. The first kappa shape index (κ1) is 10.4. The number of nitro benzene ring substituents is 1. The Morgan fingerprint density at radius 2 is 2.12 bits per heavy atom. The highest BCUT2D eigenvalue weighted by Gasteiger charge is 2.15. The van der Waals surface area contributed by atoms with E-state index in [2.05, 4.69) is 0 Å². The molecule has 0 aliphatic heterocycles. The molecule has 1 aromatic heterocycles. The largest absolute Gasteiger partial charge is 0.274 e. The van der Waals surface area contributed by atoms with Crippen molar-refractivity contribution in [3.8, 4) is 0 Å². The molecule has 2 rings (SSSR count). The van der Waals surface area contributed by atoms with Crippen molar-refractivity contribution in [2.24, 2.45) is 0 Å². The lowest BCUT2D eigenvalue weighted by molar-refractivity contribution is -0.865. The fraction of sp³-hybridized carbons (Fsp3) is 0.182. The highest BCUT2D eigenvalue weighted by atomic mass is 16.6. The summed E-state index contributed by atoms with van der Waals surface area (Å²) < 4.78 is 1.58. The summed E-state index contributed by atoms with van der Waals surface area (Å²) >= 11 is 0. The lowest BCUT2D eigenvalue weighted by Crippen LogP contribution is -2.40. The van der Waals surface area contributed by atoms with Crippen LogP contribution in [0.3, 0.4) is 0 Å². The quantitative estimate of drug-likeness (QED) is 0.436. The molecule has 0 aliphatic rings. The number of aromatic nitrogens is 1. The summed E-state index contributed by atoms with van der Waals surface area (Å²) in [5.74, 6) is 0. The molecule has 5 heteroatoms. The summed E-state index contributed by atoms with van der Waals surface area (Å²) in [7, 11) is 1.55. The van der Waals surface area contributed by atoms with Gasteiger partial charge in [0.25, 0.3) is 11.2 Å². The Hall–Kier alpha value is -2.17. The third kappa shape index (κ3) is 1.56. The molecular weight excluding hydrogens is 208 g/mol. The number of pyridine rings is 1. The summed E-state index contributed by atoms with van der Waals surface area (Å²) in [6.45, 7) is 1.91. The van der Waals surface area contributed by atoms with Gasteiger partial charge in [-0.25, -0.2) is 0 Å².